The standard InChI is InChI=1S/CH3FO3S.Ca.2H/c2-1-6(3,4)5;;;/h1H2,(H,3,4,5);;;. The van der Waals surface area contributed by atoms with Crippen LogP contribution in [0.4, 0.5) is 4.39 Å². The molecule has 0 amide bonds. The van der Waals surface area contributed by atoms with E-state index in [1.54, 1.807) is 0 Å². The van der Waals surface area contributed by atoms with Gasteiger partial charge in [0.05, 0.1) is 0 Å². The third-order valence-electron chi connectivity index (χ3n) is 0.138. The van der Waals surface area contributed by atoms with Gasteiger partial charge in [-0.3, -0.25) is 4.55 Å². The molecular formula is CH5CaFO3S. The van der Waals surface area contributed by atoms with Crippen LogP contribution >= 0.6 is 0 Å². The first-order chi connectivity index (χ1) is 2.56. The molecule has 0 fully saturated rings. The van der Waals surface area contributed by atoms with Crippen molar-refractivity contribution in [1.82, 2.24) is 0 Å². The first-order valence-corrected chi connectivity index (χ1v) is 2.68. The summed E-state index contributed by atoms with van der Waals surface area (Å²) in [6.45, 7) is 0. The molecule has 0 rings (SSSR count). The molecule has 0 atom stereocenters. The summed E-state index contributed by atoms with van der Waals surface area (Å²) >= 11 is 0. The number of halogens is 1. The van der Waals surface area contributed by atoms with Gasteiger partial charge in [0.1, 0.15) is 0 Å². The molecule has 0 aliphatic rings. The second kappa shape index (κ2) is 4.03. The van der Waals surface area contributed by atoms with Crippen molar-refractivity contribution in [2.24, 2.45) is 0 Å². The average molecular weight is 156 g/mol. The van der Waals surface area contributed by atoms with Gasteiger partial charge in [-0.1, -0.05) is 0 Å². The van der Waals surface area contributed by atoms with E-state index < -0.39 is 16.1 Å². The van der Waals surface area contributed by atoms with Crippen LogP contribution in [-0.4, -0.2) is 56.7 Å². The van der Waals surface area contributed by atoms with Crippen molar-refractivity contribution in [1.29, 1.82) is 0 Å². The van der Waals surface area contributed by atoms with Crippen LogP contribution in [0.15, 0.2) is 0 Å². The van der Waals surface area contributed by atoms with Gasteiger partial charge >= 0.3 is 37.7 Å². The van der Waals surface area contributed by atoms with Crippen molar-refractivity contribution < 1.29 is 17.4 Å². The van der Waals surface area contributed by atoms with Gasteiger partial charge in [0.25, 0.3) is 10.1 Å². The van der Waals surface area contributed by atoms with E-state index >= 15 is 0 Å². The first kappa shape index (κ1) is 11.0. The fourth-order valence-corrected chi connectivity index (χ4v) is 0. The van der Waals surface area contributed by atoms with Crippen LogP contribution in [0.2, 0.25) is 0 Å². The van der Waals surface area contributed by atoms with E-state index in [0.717, 1.165) is 0 Å². The average Bonchev–Trinajstić information content (AvgIpc) is 1.35. The molecule has 0 aromatic rings. The monoisotopic (exact) mass is 156 g/mol. The van der Waals surface area contributed by atoms with Crippen LogP contribution in [0.1, 0.15) is 0 Å². The molecule has 0 bridgehead atoms. The molecule has 0 unspecified atom stereocenters. The molecule has 7 heavy (non-hydrogen) atoms. The van der Waals surface area contributed by atoms with E-state index in [9.17, 15) is 12.8 Å². The van der Waals surface area contributed by atoms with Gasteiger partial charge < -0.3 is 0 Å². The summed E-state index contributed by atoms with van der Waals surface area (Å²) in [7, 11) is -4.33. The Hall–Kier alpha value is 1.10. The molecule has 0 aliphatic heterocycles. The molecule has 0 aromatic carbocycles. The Kier molecular flexibility index (Phi) is 6.31. The number of hydrogen-bond donors (Lipinski definition) is 1. The molecule has 0 aliphatic carbocycles. The molecule has 42 valence electrons. The topological polar surface area (TPSA) is 54.4 Å². The Morgan fingerprint density at radius 1 is 1.57 bits per heavy atom. The summed E-state index contributed by atoms with van der Waals surface area (Å²) in [5.74, 6) is 0. The van der Waals surface area contributed by atoms with Crippen molar-refractivity contribution >= 4 is 47.9 Å². The minimum absolute atomic E-state index is 0. The normalized spacial score (nSPS) is 10.0. The Labute approximate surface area is 70.6 Å². The van der Waals surface area contributed by atoms with Gasteiger partial charge in [0.15, 0.2) is 0 Å². The SMILES string of the molecule is O=S(=O)(O)CF.[CaH2]. The molecule has 3 nitrogen and oxygen atoms in total. The zero-order valence-corrected chi connectivity index (χ0v) is 3.57. The summed E-state index contributed by atoms with van der Waals surface area (Å²) in [5, 5.41) is 0. The maximum absolute atomic E-state index is 10.7. The van der Waals surface area contributed by atoms with Crippen molar-refractivity contribution in [3.8, 4) is 0 Å². The van der Waals surface area contributed by atoms with E-state index in [1.807, 2.05) is 0 Å². The van der Waals surface area contributed by atoms with Crippen LogP contribution in [0.3, 0.4) is 0 Å². The predicted molar refractivity (Wildman–Crippen MR) is 26.1 cm³/mol. The zero-order valence-electron chi connectivity index (χ0n) is 2.76. The summed E-state index contributed by atoms with van der Waals surface area (Å²) in [5.41, 5.74) is 0. The van der Waals surface area contributed by atoms with Crippen LogP contribution in [0, 0.1) is 0 Å². The van der Waals surface area contributed by atoms with Gasteiger partial charge in [0, 0.05) is 0 Å². The van der Waals surface area contributed by atoms with E-state index in [0.29, 0.717) is 0 Å². The zero-order chi connectivity index (χ0) is 5.21. The van der Waals surface area contributed by atoms with Gasteiger partial charge in [-0.2, -0.15) is 8.42 Å². The second-order valence-corrected chi connectivity index (χ2v) is 2.07. The quantitative estimate of drug-likeness (QED) is 0.386. The van der Waals surface area contributed by atoms with Gasteiger partial charge in [0.2, 0.25) is 6.01 Å². The van der Waals surface area contributed by atoms with Crippen LogP contribution in [0.5, 0.6) is 0 Å². The molecule has 6 heteroatoms. The Morgan fingerprint density at radius 2 is 1.71 bits per heavy atom. The van der Waals surface area contributed by atoms with Crippen molar-refractivity contribution in [3.63, 3.8) is 0 Å². The molecule has 0 aromatic heterocycles. The fraction of sp³-hybridized carbons (Fsp3) is 1.00. The Morgan fingerprint density at radius 3 is 1.71 bits per heavy atom. The van der Waals surface area contributed by atoms with Crippen LogP contribution in [-0.2, 0) is 10.1 Å². The van der Waals surface area contributed by atoms with E-state index in [-0.39, 0.29) is 37.7 Å². The molecule has 0 spiro atoms. The number of rotatable bonds is 1. The molecule has 0 saturated heterocycles. The van der Waals surface area contributed by atoms with Crippen LogP contribution < -0.4 is 0 Å². The number of alkyl halides is 1. The minimum atomic E-state index is -4.33. The number of hydrogen-bond acceptors (Lipinski definition) is 2. The van der Waals surface area contributed by atoms with E-state index in [1.165, 1.54) is 0 Å². The maximum atomic E-state index is 10.7. The van der Waals surface area contributed by atoms with Crippen LogP contribution in [0.25, 0.3) is 0 Å². The second-order valence-electron chi connectivity index (χ2n) is 0.691. The Balaban J connectivity index is 0. The molecular weight excluding hydrogens is 151 g/mol. The predicted octanol–water partition coefficient (Wildman–Crippen LogP) is -1.11. The van der Waals surface area contributed by atoms with Crippen molar-refractivity contribution in [3.05, 3.63) is 0 Å². The Bertz CT molecular complexity index is 117. The first-order valence-electron chi connectivity index (χ1n) is 1.07. The summed E-state index contributed by atoms with van der Waals surface area (Å²) in [6, 6.07) is -1.70. The molecule has 1 N–H and O–H groups in total. The molecule has 0 radical (unpaired) electrons. The van der Waals surface area contributed by atoms with Gasteiger partial charge in [-0.05, 0) is 0 Å². The van der Waals surface area contributed by atoms with Gasteiger partial charge in [-0.15, -0.1) is 0 Å². The summed E-state index contributed by atoms with van der Waals surface area (Å²) < 4.78 is 36.4. The molecule has 0 saturated carbocycles. The summed E-state index contributed by atoms with van der Waals surface area (Å²) in [6.07, 6.45) is 0. The summed E-state index contributed by atoms with van der Waals surface area (Å²) in [4.78, 5) is 0. The fourth-order valence-electron chi connectivity index (χ4n) is 0. The van der Waals surface area contributed by atoms with Crippen molar-refractivity contribution in [2.45, 2.75) is 0 Å². The molecule has 0 heterocycles. The third kappa shape index (κ3) is 11.0. The van der Waals surface area contributed by atoms with E-state index in [2.05, 4.69) is 0 Å². The van der Waals surface area contributed by atoms with Crippen molar-refractivity contribution in [2.75, 3.05) is 6.01 Å². The third-order valence-corrected chi connectivity index (χ3v) is 0.414. The van der Waals surface area contributed by atoms with Gasteiger partial charge in [-0.25, -0.2) is 4.39 Å². The van der Waals surface area contributed by atoms with E-state index in [4.69, 9.17) is 4.55 Å².